The molecule has 1 saturated heterocycles. The standard InChI is InChI=1S/C19H25F2N5O2S/c20-14-9-17(12-3-1-2-4-12)26-18(14)10-22-19(24-26)23-16-7-8-25(11-15(16)21)29(27,28)13-5-6-13/h9-10,12-13,15-16H,1-8,11H2,(H,23,24)/t15-,16-/m1/s1. The lowest BCUT2D eigenvalue weighted by atomic mass is 10.0. The molecule has 0 radical (unpaired) electrons. The van der Waals surface area contributed by atoms with Gasteiger partial charge in [-0.1, -0.05) is 12.8 Å². The zero-order valence-corrected chi connectivity index (χ0v) is 16.9. The number of nitrogens with zero attached hydrogens (tertiary/aromatic N) is 4. The zero-order valence-electron chi connectivity index (χ0n) is 16.1. The third kappa shape index (κ3) is 3.50. The minimum atomic E-state index is -3.37. The lowest BCUT2D eigenvalue weighted by molar-refractivity contribution is 0.185. The molecular weight excluding hydrogens is 400 g/mol. The van der Waals surface area contributed by atoms with Crippen LogP contribution in [-0.2, 0) is 10.0 Å². The number of hydrogen-bond acceptors (Lipinski definition) is 5. The van der Waals surface area contributed by atoms with Gasteiger partial charge in [0.1, 0.15) is 11.7 Å². The van der Waals surface area contributed by atoms with Crippen molar-refractivity contribution >= 4 is 21.5 Å². The van der Waals surface area contributed by atoms with Gasteiger partial charge in [0.15, 0.2) is 5.82 Å². The maximum absolute atomic E-state index is 14.7. The van der Waals surface area contributed by atoms with E-state index < -0.39 is 22.2 Å². The molecular formula is C19H25F2N5O2S. The highest BCUT2D eigenvalue weighted by atomic mass is 32.2. The van der Waals surface area contributed by atoms with E-state index >= 15 is 0 Å². The summed E-state index contributed by atoms with van der Waals surface area (Å²) in [5.74, 6) is 0.165. The van der Waals surface area contributed by atoms with Gasteiger partial charge in [0.2, 0.25) is 16.0 Å². The van der Waals surface area contributed by atoms with E-state index in [4.69, 9.17) is 0 Å². The highest BCUT2D eigenvalue weighted by Gasteiger charge is 2.43. The van der Waals surface area contributed by atoms with Crippen LogP contribution >= 0.6 is 0 Å². The lowest BCUT2D eigenvalue weighted by Gasteiger charge is -2.34. The fourth-order valence-electron chi connectivity index (χ4n) is 4.57. The van der Waals surface area contributed by atoms with Crippen LogP contribution in [0.3, 0.4) is 0 Å². The third-order valence-corrected chi connectivity index (χ3v) is 8.76. The van der Waals surface area contributed by atoms with Crippen LogP contribution in [0, 0.1) is 5.82 Å². The van der Waals surface area contributed by atoms with Crippen molar-refractivity contribution < 1.29 is 17.2 Å². The first kappa shape index (κ1) is 19.2. The molecule has 7 nitrogen and oxygen atoms in total. The molecule has 10 heteroatoms. The van der Waals surface area contributed by atoms with E-state index in [0.29, 0.717) is 24.8 Å². The molecule has 2 saturated carbocycles. The molecule has 3 aliphatic rings. The van der Waals surface area contributed by atoms with Gasteiger partial charge in [-0.05, 0) is 38.2 Å². The van der Waals surface area contributed by atoms with E-state index in [1.54, 1.807) is 4.52 Å². The number of alkyl halides is 1. The summed E-state index contributed by atoms with van der Waals surface area (Å²) in [5.41, 5.74) is 1.15. The van der Waals surface area contributed by atoms with Gasteiger partial charge >= 0.3 is 0 Å². The Morgan fingerprint density at radius 3 is 2.59 bits per heavy atom. The van der Waals surface area contributed by atoms with Crippen LogP contribution < -0.4 is 5.32 Å². The van der Waals surface area contributed by atoms with Gasteiger partial charge in [0.25, 0.3) is 0 Å². The second kappa shape index (κ2) is 7.16. The van der Waals surface area contributed by atoms with Gasteiger partial charge < -0.3 is 5.32 Å². The molecule has 0 unspecified atom stereocenters. The summed E-state index contributed by atoms with van der Waals surface area (Å²) in [4.78, 5) is 4.16. The van der Waals surface area contributed by atoms with Crippen molar-refractivity contribution in [3.05, 3.63) is 23.8 Å². The molecule has 158 valence electrons. The minimum absolute atomic E-state index is 0.149. The van der Waals surface area contributed by atoms with Crippen LogP contribution in [0.4, 0.5) is 14.7 Å². The molecule has 2 aromatic heterocycles. The number of hydrogen-bond donors (Lipinski definition) is 1. The topological polar surface area (TPSA) is 79.6 Å². The summed E-state index contributed by atoms with van der Waals surface area (Å²) in [5, 5.41) is 7.10. The number of sulfonamides is 1. The van der Waals surface area contributed by atoms with E-state index in [1.165, 1.54) is 16.6 Å². The Hall–Kier alpha value is -1.81. The normalized spacial score (nSPS) is 27.0. The molecule has 0 bridgehead atoms. The van der Waals surface area contributed by atoms with Gasteiger partial charge in [-0.15, -0.1) is 5.10 Å². The van der Waals surface area contributed by atoms with Crippen molar-refractivity contribution in [1.29, 1.82) is 0 Å². The number of halogens is 2. The first-order chi connectivity index (χ1) is 13.9. The largest absolute Gasteiger partial charge is 0.347 e. The predicted octanol–water partition coefficient (Wildman–Crippen LogP) is 2.84. The van der Waals surface area contributed by atoms with Crippen molar-refractivity contribution in [3.8, 4) is 0 Å². The summed E-state index contributed by atoms with van der Waals surface area (Å²) in [6, 6.07) is 0.955. The second-order valence-electron chi connectivity index (χ2n) is 8.44. The monoisotopic (exact) mass is 425 g/mol. The van der Waals surface area contributed by atoms with Crippen LogP contribution in [0.2, 0.25) is 0 Å². The SMILES string of the molecule is O=S(=O)(C1CC1)N1CC[C@@H](Nc2ncc3c(F)cc(C4CCCC4)n3n2)[C@H](F)C1. The van der Waals surface area contributed by atoms with Crippen LogP contribution in [0.1, 0.15) is 56.6 Å². The average Bonchev–Trinajstić information content (AvgIpc) is 3.34. The molecule has 2 aliphatic carbocycles. The number of nitrogens with one attached hydrogen (secondary N) is 1. The maximum atomic E-state index is 14.7. The van der Waals surface area contributed by atoms with Gasteiger partial charge in [0.05, 0.1) is 17.5 Å². The summed E-state index contributed by atoms with van der Waals surface area (Å²) in [7, 11) is -3.37. The molecule has 1 aliphatic heterocycles. The smallest absolute Gasteiger partial charge is 0.241 e. The Labute approximate surface area is 168 Å². The van der Waals surface area contributed by atoms with Crippen molar-refractivity contribution in [3.63, 3.8) is 0 Å². The van der Waals surface area contributed by atoms with Crippen molar-refractivity contribution in [2.45, 2.75) is 68.3 Å². The van der Waals surface area contributed by atoms with Crippen LogP contribution in [0.5, 0.6) is 0 Å². The van der Waals surface area contributed by atoms with Gasteiger partial charge in [-0.3, -0.25) is 0 Å². The molecule has 2 atom stereocenters. The molecule has 0 spiro atoms. The van der Waals surface area contributed by atoms with Gasteiger partial charge in [-0.2, -0.15) is 4.31 Å². The fourth-order valence-corrected chi connectivity index (χ4v) is 6.43. The number of anilines is 1. The Balaban J connectivity index is 1.33. The predicted molar refractivity (Wildman–Crippen MR) is 105 cm³/mol. The Bertz CT molecular complexity index is 1020. The van der Waals surface area contributed by atoms with Crippen molar-refractivity contribution in [2.75, 3.05) is 18.4 Å². The summed E-state index contributed by atoms with van der Waals surface area (Å²) >= 11 is 0. The Kier molecular flexibility index (Phi) is 4.73. The molecule has 0 amide bonds. The number of rotatable bonds is 5. The average molecular weight is 426 g/mol. The number of fused-ring (bicyclic) bond motifs is 1. The fraction of sp³-hybridized carbons (Fsp3) is 0.684. The van der Waals surface area contributed by atoms with Crippen LogP contribution in [0.25, 0.3) is 5.52 Å². The van der Waals surface area contributed by atoms with Gasteiger partial charge in [0, 0.05) is 24.7 Å². The maximum Gasteiger partial charge on any atom is 0.241 e. The second-order valence-corrected chi connectivity index (χ2v) is 10.6. The van der Waals surface area contributed by atoms with Crippen LogP contribution in [-0.4, -0.2) is 57.9 Å². The zero-order chi connectivity index (χ0) is 20.2. The quantitative estimate of drug-likeness (QED) is 0.797. The van der Waals surface area contributed by atoms with Crippen molar-refractivity contribution in [1.82, 2.24) is 18.9 Å². The minimum Gasteiger partial charge on any atom is -0.347 e. The van der Waals surface area contributed by atoms with E-state index in [1.807, 2.05) is 0 Å². The van der Waals surface area contributed by atoms with E-state index in [2.05, 4.69) is 15.4 Å². The molecule has 2 aromatic rings. The first-order valence-corrected chi connectivity index (χ1v) is 11.9. The first-order valence-electron chi connectivity index (χ1n) is 10.4. The molecule has 3 fully saturated rings. The van der Waals surface area contributed by atoms with E-state index in [0.717, 1.165) is 31.4 Å². The van der Waals surface area contributed by atoms with E-state index in [-0.39, 0.29) is 36.0 Å². The molecule has 0 aromatic carbocycles. The Morgan fingerprint density at radius 1 is 1.14 bits per heavy atom. The van der Waals surface area contributed by atoms with Crippen molar-refractivity contribution in [2.24, 2.45) is 0 Å². The number of piperidine rings is 1. The highest BCUT2D eigenvalue weighted by molar-refractivity contribution is 7.90. The molecule has 3 heterocycles. The lowest BCUT2D eigenvalue weighted by Crippen LogP contribution is -2.50. The molecule has 1 N–H and O–H groups in total. The molecule has 5 rings (SSSR count). The van der Waals surface area contributed by atoms with E-state index in [9.17, 15) is 17.2 Å². The summed E-state index contributed by atoms with van der Waals surface area (Å²) in [6.45, 7) is 0.134. The summed E-state index contributed by atoms with van der Waals surface area (Å²) in [6.07, 6.45) is 6.02. The van der Waals surface area contributed by atoms with Gasteiger partial charge in [-0.25, -0.2) is 26.7 Å². The van der Waals surface area contributed by atoms with Crippen LogP contribution in [0.15, 0.2) is 12.3 Å². The Morgan fingerprint density at radius 2 is 1.90 bits per heavy atom. The summed E-state index contributed by atoms with van der Waals surface area (Å²) < 4.78 is 56.6. The third-order valence-electron chi connectivity index (χ3n) is 6.39. The number of aromatic nitrogens is 3. The molecule has 29 heavy (non-hydrogen) atoms. The highest BCUT2D eigenvalue weighted by Crippen LogP contribution is 2.36.